The fourth-order valence-corrected chi connectivity index (χ4v) is 1.49. The van der Waals surface area contributed by atoms with E-state index in [1.807, 2.05) is 14.0 Å². The van der Waals surface area contributed by atoms with Crippen molar-refractivity contribution in [1.82, 2.24) is 10.2 Å². The van der Waals surface area contributed by atoms with Gasteiger partial charge in [0.05, 0.1) is 12.8 Å². The molecule has 1 rings (SSSR count). The highest BCUT2D eigenvalue weighted by Gasteiger charge is 2.27. The molecule has 1 heterocycles. The molecule has 4 nitrogen and oxygen atoms in total. The molecule has 1 saturated heterocycles. The van der Waals surface area contributed by atoms with Crippen LogP contribution in [0.4, 0.5) is 4.79 Å². The van der Waals surface area contributed by atoms with Gasteiger partial charge >= 0.3 is 6.09 Å². The van der Waals surface area contributed by atoms with Crippen molar-refractivity contribution in [2.75, 3.05) is 20.2 Å². The van der Waals surface area contributed by atoms with Crippen LogP contribution >= 0.6 is 12.4 Å². The summed E-state index contributed by atoms with van der Waals surface area (Å²) >= 11 is 0. The summed E-state index contributed by atoms with van der Waals surface area (Å²) in [5.74, 6) is 0. The smallest absolute Gasteiger partial charge is 0.411 e. The fourth-order valence-electron chi connectivity index (χ4n) is 1.49. The van der Waals surface area contributed by atoms with Crippen LogP contribution in [0.1, 0.15) is 19.8 Å². The Morgan fingerprint density at radius 3 is 2.92 bits per heavy atom. The number of halogens is 1. The third-order valence-corrected chi connectivity index (χ3v) is 2.09. The second-order valence-corrected chi connectivity index (χ2v) is 2.84. The highest BCUT2D eigenvalue weighted by Crippen LogP contribution is 2.15. The van der Waals surface area contributed by atoms with Gasteiger partial charge in [0.25, 0.3) is 0 Å². The highest BCUT2D eigenvalue weighted by molar-refractivity contribution is 5.85. The lowest BCUT2D eigenvalue weighted by molar-refractivity contribution is 0.0985. The molecule has 0 saturated carbocycles. The number of nitrogens with one attached hydrogen (secondary N) is 1. The highest BCUT2D eigenvalue weighted by atomic mass is 35.5. The summed E-state index contributed by atoms with van der Waals surface area (Å²) in [7, 11) is 1.86. The van der Waals surface area contributed by atoms with Gasteiger partial charge < -0.3 is 10.1 Å². The molecular formula is C8H17ClN2O2. The minimum Gasteiger partial charge on any atom is -0.450 e. The van der Waals surface area contributed by atoms with Crippen LogP contribution in [0.25, 0.3) is 0 Å². The van der Waals surface area contributed by atoms with Crippen LogP contribution in [-0.2, 0) is 4.74 Å². The van der Waals surface area contributed by atoms with Gasteiger partial charge in [-0.3, -0.25) is 4.90 Å². The molecule has 13 heavy (non-hydrogen) atoms. The van der Waals surface area contributed by atoms with E-state index in [9.17, 15) is 4.79 Å². The Hall–Kier alpha value is -0.480. The van der Waals surface area contributed by atoms with Crippen LogP contribution in [0.2, 0.25) is 0 Å². The predicted octanol–water partition coefficient (Wildman–Crippen LogP) is 1.21. The first-order valence-corrected chi connectivity index (χ1v) is 4.40. The van der Waals surface area contributed by atoms with Crippen LogP contribution < -0.4 is 5.32 Å². The third kappa shape index (κ3) is 3.04. The minimum absolute atomic E-state index is 0. The fraction of sp³-hybridized carbons (Fsp3) is 0.875. The second kappa shape index (κ2) is 6.05. The number of carbonyl (C=O) groups is 1. The van der Waals surface area contributed by atoms with Crippen molar-refractivity contribution in [3.8, 4) is 0 Å². The van der Waals surface area contributed by atoms with Crippen LogP contribution in [0.3, 0.4) is 0 Å². The molecule has 78 valence electrons. The van der Waals surface area contributed by atoms with Crippen molar-refractivity contribution >= 4 is 18.5 Å². The Morgan fingerprint density at radius 1 is 1.69 bits per heavy atom. The van der Waals surface area contributed by atoms with Gasteiger partial charge in [0.1, 0.15) is 0 Å². The van der Waals surface area contributed by atoms with Crippen molar-refractivity contribution in [3.05, 3.63) is 0 Å². The first-order chi connectivity index (χ1) is 5.79. The molecule has 0 aromatic carbocycles. The molecule has 0 bridgehead atoms. The molecular weight excluding hydrogens is 192 g/mol. The number of ether oxygens (including phenoxy) is 1. The maximum atomic E-state index is 11.3. The lowest BCUT2D eigenvalue weighted by Crippen LogP contribution is -2.43. The van der Waals surface area contributed by atoms with E-state index in [4.69, 9.17) is 4.74 Å². The molecule has 0 aromatic rings. The van der Waals surface area contributed by atoms with E-state index in [0.717, 1.165) is 19.4 Å². The summed E-state index contributed by atoms with van der Waals surface area (Å²) < 4.78 is 4.90. The van der Waals surface area contributed by atoms with Gasteiger partial charge in [-0.25, -0.2) is 4.79 Å². The van der Waals surface area contributed by atoms with Gasteiger partial charge in [-0.1, -0.05) is 0 Å². The van der Waals surface area contributed by atoms with Crippen LogP contribution in [0.15, 0.2) is 0 Å². The molecule has 1 N–H and O–H groups in total. The summed E-state index contributed by atoms with van der Waals surface area (Å²) in [4.78, 5) is 13.0. The number of amides is 1. The summed E-state index contributed by atoms with van der Waals surface area (Å²) in [6.07, 6.45) is 2.05. The Morgan fingerprint density at radius 2 is 2.38 bits per heavy atom. The molecule has 1 aliphatic heterocycles. The SMILES string of the molecule is CCOC(=O)N1CCCC1NC.Cl. The van der Waals surface area contributed by atoms with Gasteiger partial charge in [0.2, 0.25) is 0 Å². The zero-order valence-electron chi connectivity index (χ0n) is 8.08. The van der Waals surface area contributed by atoms with Crippen molar-refractivity contribution in [3.63, 3.8) is 0 Å². The zero-order valence-corrected chi connectivity index (χ0v) is 8.89. The summed E-state index contributed by atoms with van der Waals surface area (Å²) in [5.41, 5.74) is 0. The number of rotatable bonds is 2. The molecule has 1 fully saturated rings. The Bertz CT molecular complexity index is 166. The van der Waals surface area contributed by atoms with E-state index in [1.165, 1.54) is 0 Å². The van der Waals surface area contributed by atoms with Gasteiger partial charge in [0, 0.05) is 6.54 Å². The average Bonchev–Trinajstić information content (AvgIpc) is 2.51. The Balaban J connectivity index is 0.00000144. The molecule has 5 heteroatoms. The maximum Gasteiger partial charge on any atom is 0.411 e. The Kier molecular flexibility index (Phi) is 5.82. The molecule has 1 atom stereocenters. The molecule has 1 unspecified atom stereocenters. The summed E-state index contributed by atoms with van der Waals surface area (Å²) in [6.45, 7) is 3.08. The molecule has 0 spiro atoms. The lowest BCUT2D eigenvalue weighted by atomic mass is 10.3. The number of hydrogen-bond acceptors (Lipinski definition) is 3. The quantitative estimate of drug-likeness (QED) is 0.742. The second-order valence-electron chi connectivity index (χ2n) is 2.84. The molecule has 0 aliphatic carbocycles. The third-order valence-electron chi connectivity index (χ3n) is 2.09. The molecule has 0 radical (unpaired) electrons. The van der Waals surface area contributed by atoms with Crippen molar-refractivity contribution in [2.24, 2.45) is 0 Å². The van der Waals surface area contributed by atoms with Gasteiger partial charge in [-0.15, -0.1) is 12.4 Å². The number of hydrogen-bond donors (Lipinski definition) is 1. The Labute approximate surface area is 85.0 Å². The predicted molar refractivity (Wildman–Crippen MR) is 53.1 cm³/mol. The van der Waals surface area contributed by atoms with Gasteiger partial charge in [-0.2, -0.15) is 0 Å². The first kappa shape index (κ1) is 12.5. The number of nitrogens with zero attached hydrogens (tertiary/aromatic N) is 1. The average molecular weight is 209 g/mol. The number of likely N-dealkylation sites (tertiary alicyclic amines) is 1. The molecule has 1 amide bonds. The van der Waals surface area contributed by atoms with E-state index < -0.39 is 0 Å². The largest absolute Gasteiger partial charge is 0.450 e. The van der Waals surface area contributed by atoms with E-state index in [1.54, 1.807) is 4.90 Å². The van der Waals surface area contributed by atoms with E-state index in [-0.39, 0.29) is 24.7 Å². The summed E-state index contributed by atoms with van der Waals surface area (Å²) in [5, 5.41) is 3.08. The topological polar surface area (TPSA) is 41.6 Å². The zero-order chi connectivity index (χ0) is 8.97. The van der Waals surface area contributed by atoms with Crippen molar-refractivity contribution in [1.29, 1.82) is 0 Å². The van der Waals surface area contributed by atoms with Crippen LogP contribution in [0.5, 0.6) is 0 Å². The van der Waals surface area contributed by atoms with E-state index >= 15 is 0 Å². The van der Waals surface area contributed by atoms with Gasteiger partial charge in [0.15, 0.2) is 0 Å². The monoisotopic (exact) mass is 208 g/mol. The van der Waals surface area contributed by atoms with Crippen LogP contribution in [0, 0.1) is 0 Å². The minimum atomic E-state index is -0.200. The van der Waals surface area contributed by atoms with E-state index in [2.05, 4.69) is 5.32 Å². The molecule has 0 aromatic heterocycles. The van der Waals surface area contributed by atoms with Crippen LogP contribution in [-0.4, -0.2) is 37.4 Å². The maximum absolute atomic E-state index is 11.3. The van der Waals surface area contributed by atoms with Crippen molar-refractivity contribution in [2.45, 2.75) is 25.9 Å². The normalized spacial score (nSPS) is 21.1. The lowest BCUT2D eigenvalue weighted by Gasteiger charge is -2.22. The summed E-state index contributed by atoms with van der Waals surface area (Å²) in [6, 6.07) is 0. The first-order valence-electron chi connectivity index (χ1n) is 4.40. The van der Waals surface area contributed by atoms with Gasteiger partial charge in [-0.05, 0) is 26.8 Å². The van der Waals surface area contributed by atoms with E-state index in [0.29, 0.717) is 6.61 Å². The standard InChI is InChI=1S/C8H16N2O2.ClH/c1-3-12-8(11)10-6-4-5-7(10)9-2;/h7,9H,3-6H2,1-2H3;1H. The molecule has 1 aliphatic rings. The van der Waals surface area contributed by atoms with Crippen molar-refractivity contribution < 1.29 is 9.53 Å². The number of carbonyl (C=O) groups excluding carboxylic acids is 1.